The summed E-state index contributed by atoms with van der Waals surface area (Å²) in [6, 6.07) is 4.55. The zero-order chi connectivity index (χ0) is 17.7. The molecule has 1 aliphatic rings. The number of likely N-dealkylation sites (N-methyl/N-ethyl adjacent to an activating group) is 1. The lowest BCUT2D eigenvalue weighted by molar-refractivity contribution is -0.385. The van der Waals surface area contributed by atoms with Gasteiger partial charge >= 0.3 is 0 Å². The molecule has 1 saturated heterocycles. The Morgan fingerprint density at radius 3 is 2.50 bits per heavy atom. The highest BCUT2D eigenvalue weighted by Gasteiger charge is 2.26. The van der Waals surface area contributed by atoms with E-state index < -0.39 is 4.92 Å². The Morgan fingerprint density at radius 1 is 1.25 bits per heavy atom. The summed E-state index contributed by atoms with van der Waals surface area (Å²) in [6.07, 6.45) is 0. The van der Waals surface area contributed by atoms with Gasteiger partial charge in [0, 0.05) is 49.9 Å². The predicted molar refractivity (Wildman–Crippen MR) is 88.9 cm³/mol. The Bertz CT molecular complexity index is 639. The average Bonchev–Trinajstić information content (AvgIpc) is 2.55. The number of rotatable bonds is 5. The van der Waals surface area contributed by atoms with Gasteiger partial charge in [-0.15, -0.1) is 0 Å². The van der Waals surface area contributed by atoms with Crippen LogP contribution in [-0.2, 0) is 4.79 Å². The number of piperazine rings is 1. The number of nitrogens with one attached hydrogen (secondary N) is 1. The summed E-state index contributed by atoms with van der Waals surface area (Å²) in [7, 11) is 0. The minimum atomic E-state index is -0.476. The SMILES string of the molecule is CCNC(=O)CN1CCN(C(=O)c2cccc([N+](=O)[O-])c2C)CC1. The largest absolute Gasteiger partial charge is 0.355 e. The molecular formula is C16H22N4O4. The third kappa shape index (κ3) is 4.08. The second-order valence-corrected chi connectivity index (χ2v) is 5.73. The normalized spacial score (nSPS) is 15.2. The summed E-state index contributed by atoms with van der Waals surface area (Å²) < 4.78 is 0. The monoisotopic (exact) mass is 334 g/mol. The summed E-state index contributed by atoms with van der Waals surface area (Å²) in [6.45, 7) is 6.61. The van der Waals surface area contributed by atoms with Crippen LogP contribution in [0.4, 0.5) is 5.69 Å². The first kappa shape index (κ1) is 17.9. The molecule has 0 aromatic heterocycles. The van der Waals surface area contributed by atoms with Crippen LogP contribution in [0, 0.1) is 17.0 Å². The molecule has 0 spiro atoms. The van der Waals surface area contributed by atoms with E-state index >= 15 is 0 Å². The van der Waals surface area contributed by atoms with Gasteiger partial charge in [-0.3, -0.25) is 24.6 Å². The first-order valence-electron chi connectivity index (χ1n) is 7.96. The van der Waals surface area contributed by atoms with Gasteiger partial charge in [-0.25, -0.2) is 0 Å². The van der Waals surface area contributed by atoms with Crippen LogP contribution in [0.1, 0.15) is 22.8 Å². The maximum absolute atomic E-state index is 12.6. The van der Waals surface area contributed by atoms with Gasteiger partial charge in [0.1, 0.15) is 0 Å². The molecule has 0 unspecified atom stereocenters. The minimum absolute atomic E-state index is 0.0215. The van der Waals surface area contributed by atoms with Crippen molar-refractivity contribution in [3.8, 4) is 0 Å². The fraction of sp³-hybridized carbons (Fsp3) is 0.500. The van der Waals surface area contributed by atoms with Gasteiger partial charge in [0.15, 0.2) is 0 Å². The molecule has 0 aliphatic carbocycles. The van der Waals surface area contributed by atoms with Crippen molar-refractivity contribution < 1.29 is 14.5 Å². The Kier molecular flexibility index (Phi) is 5.86. The second kappa shape index (κ2) is 7.87. The molecule has 1 fully saturated rings. The van der Waals surface area contributed by atoms with Crippen LogP contribution in [0.5, 0.6) is 0 Å². The zero-order valence-corrected chi connectivity index (χ0v) is 13.9. The number of nitrogens with zero attached hydrogens (tertiary/aromatic N) is 3. The molecule has 24 heavy (non-hydrogen) atoms. The molecule has 0 bridgehead atoms. The highest BCUT2D eigenvalue weighted by Crippen LogP contribution is 2.22. The van der Waals surface area contributed by atoms with E-state index in [9.17, 15) is 19.7 Å². The van der Waals surface area contributed by atoms with Crippen molar-refractivity contribution in [2.24, 2.45) is 0 Å². The van der Waals surface area contributed by atoms with E-state index in [2.05, 4.69) is 5.32 Å². The lowest BCUT2D eigenvalue weighted by Gasteiger charge is -2.34. The van der Waals surface area contributed by atoms with Crippen LogP contribution in [0.15, 0.2) is 18.2 Å². The van der Waals surface area contributed by atoms with E-state index in [1.807, 2.05) is 11.8 Å². The summed E-state index contributed by atoms with van der Waals surface area (Å²) >= 11 is 0. The number of hydrogen-bond acceptors (Lipinski definition) is 5. The van der Waals surface area contributed by atoms with Gasteiger partial charge in [0.25, 0.3) is 11.6 Å². The van der Waals surface area contributed by atoms with Crippen molar-refractivity contribution in [2.75, 3.05) is 39.3 Å². The average molecular weight is 334 g/mol. The fourth-order valence-electron chi connectivity index (χ4n) is 2.79. The number of nitro benzene ring substituents is 1. The van der Waals surface area contributed by atoms with Crippen molar-refractivity contribution in [3.63, 3.8) is 0 Å². The topological polar surface area (TPSA) is 95.8 Å². The molecule has 1 N–H and O–H groups in total. The third-order valence-electron chi connectivity index (χ3n) is 4.13. The van der Waals surface area contributed by atoms with Crippen LogP contribution in [0.3, 0.4) is 0 Å². The lowest BCUT2D eigenvalue weighted by Crippen LogP contribution is -2.51. The van der Waals surface area contributed by atoms with E-state index in [0.717, 1.165) is 0 Å². The third-order valence-corrected chi connectivity index (χ3v) is 4.13. The molecule has 2 rings (SSSR count). The number of carbonyl (C=O) groups is 2. The predicted octanol–water partition coefficient (Wildman–Crippen LogP) is 0.797. The van der Waals surface area contributed by atoms with E-state index in [1.165, 1.54) is 12.1 Å². The standard InChI is InChI=1S/C16H22N4O4/c1-3-17-15(21)11-18-7-9-19(10-8-18)16(22)13-5-4-6-14(12(13)2)20(23)24/h4-6H,3,7-11H2,1-2H3,(H,17,21). The van der Waals surface area contributed by atoms with Crippen molar-refractivity contribution in [2.45, 2.75) is 13.8 Å². The van der Waals surface area contributed by atoms with Gasteiger partial charge in [-0.1, -0.05) is 6.07 Å². The summed E-state index contributed by atoms with van der Waals surface area (Å²) in [4.78, 5) is 38.4. The first-order chi connectivity index (χ1) is 11.4. The molecule has 0 atom stereocenters. The van der Waals surface area contributed by atoms with Gasteiger partial charge in [-0.2, -0.15) is 0 Å². The van der Waals surface area contributed by atoms with Crippen molar-refractivity contribution in [1.82, 2.24) is 15.1 Å². The van der Waals surface area contributed by atoms with Crippen LogP contribution in [-0.4, -0.2) is 65.8 Å². The highest BCUT2D eigenvalue weighted by atomic mass is 16.6. The van der Waals surface area contributed by atoms with Crippen LogP contribution < -0.4 is 5.32 Å². The Balaban J connectivity index is 2.00. The number of benzene rings is 1. The molecule has 0 radical (unpaired) electrons. The molecule has 1 aromatic carbocycles. The molecule has 1 aromatic rings. The van der Waals surface area contributed by atoms with Crippen molar-refractivity contribution in [1.29, 1.82) is 0 Å². The summed E-state index contributed by atoms with van der Waals surface area (Å²) in [5, 5.41) is 13.8. The van der Waals surface area contributed by atoms with Crippen LogP contribution in [0.2, 0.25) is 0 Å². The molecule has 2 amide bonds. The highest BCUT2D eigenvalue weighted by molar-refractivity contribution is 5.96. The Labute approximate surface area is 140 Å². The maximum atomic E-state index is 12.6. The van der Waals surface area contributed by atoms with E-state index in [-0.39, 0.29) is 17.5 Å². The lowest BCUT2D eigenvalue weighted by atomic mass is 10.1. The quantitative estimate of drug-likeness (QED) is 0.635. The van der Waals surface area contributed by atoms with Gasteiger partial charge in [0.2, 0.25) is 5.91 Å². The molecular weight excluding hydrogens is 312 g/mol. The van der Waals surface area contributed by atoms with E-state index in [0.29, 0.717) is 50.4 Å². The molecule has 8 nitrogen and oxygen atoms in total. The Morgan fingerprint density at radius 2 is 1.92 bits per heavy atom. The fourth-order valence-corrected chi connectivity index (χ4v) is 2.79. The van der Waals surface area contributed by atoms with Gasteiger partial charge < -0.3 is 10.2 Å². The summed E-state index contributed by atoms with van der Waals surface area (Å²) in [5.74, 6) is -0.222. The van der Waals surface area contributed by atoms with E-state index in [1.54, 1.807) is 17.9 Å². The number of amides is 2. The minimum Gasteiger partial charge on any atom is -0.355 e. The van der Waals surface area contributed by atoms with Gasteiger partial charge in [-0.05, 0) is 19.9 Å². The second-order valence-electron chi connectivity index (χ2n) is 5.73. The van der Waals surface area contributed by atoms with Crippen molar-refractivity contribution in [3.05, 3.63) is 39.4 Å². The number of nitro groups is 1. The molecule has 1 aliphatic heterocycles. The zero-order valence-electron chi connectivity index (χ0n) is 13.9. The molecule has 0 saturated carbocycles. The molecule has 130 valence electrons. The van der Waals surface area contributed by atoms with E-state index in [4.69, 9.17) is 0 Å². The molecule has 1 heterocycles. The number of carbonyl (C=O) groups excluding carboxylic acids is 2. The maximum Gasteiger partial charge on any atom is 0.273 e. The molecule has 8 heteroatoms. The Hall–Kier alpha value is -2.48. The number of hydrogen-bond donors (Lipinski definition) is 1. The van der Waals surface area contributed by atoms with Crippen LogP contribution >= 0.6 is 0 Å². The smallest absolute Gasteiger partial charge is 0.273 e. The van der Waals surface area contributed by atoms with Crippen molar-refractivity contribution >= 4 is 17.5 Å². The van der Waals surface area contributed by atoms with Gasteiger partial charge in [0.05, 0.1) is 11.5 Å². The van der Waals surface area contributed by atoms with Crippen LogP contribution in [0.25, 0.3) is 0 Å². The summed E-state index contributed by atoms with van der Waals surface area (Å²) in [5.41, 5.74) is 0.703. The first-order valence-corrected chi connectivity index (χ1v) is 7.96.